The Morgan fingerprint density at radius 1 is 1.07 bits per heavy atom. The van der Waals surface area contributed by atoms with E-state index < -0.39 is 10.0 Å². The number of benzene rings is 1. The highest BCUT2D eigenvalue weighted by molar-refractivity contribution is 8.00. The minimum atomic E-state index is -3.52. The van der Waals surface area contributed by atoms with E-state index in [1.807, 2.05) is 32.2 Å². The van der Waals surface area contributed by atoms with Crippen LogP contribution in [0.4, 0.5) is 0 Å². The van der Waals surface area contributed by atoms with Crippen molar-refractivity contribution < 1.29 is 13.2 Å². The topological polar surface area (TPSA) is 70.6 Å². The van der Waals surface area contributed by atoms with Gasteiger partial charge in [-0.15, -0.1) is 0 Å². The van der Waals surface area contributed by atoms with E-state index in [0.717, 1.165) is 13.1 Å². The molecule has 6 nitrogen and oxygen atoms in total. The number of sulfonamides is 1. The van der Waals surface area contributed by atoms with Gasteiger partial charge in [0.15, 0.2) is 5.78 Å². The van der Waals surface area contributed by atoms with Crippen molar-refractivity contribution in [2.45, 2.75) is 22.1 Å². The van der Waals surface area contributed by atoms with Crippen LogP contribution in [0.15, 0.2) is 58.6 Å². The summed E-state index contributed by atoms with van der Waals surface area (Å²) < 4.78 is 27.0. The van der Waals surface area contributed by atoms with Crippen LogP contribution in [0.3, 0.4) is 0 Å². The summed E-state index contributed by atoms with van der Waals surface area (Å²) in [4.78, 5) is 19.0. The van der Waals surface area contributed by atoms with Gasteiger partial charge in [0.1, 0.15) is 4.90 Å². The third-order valence-electron chi connectivity index (χ3n) is 4.53. The van der Waals surface area contributed by atoms with Gasteiger partial charge in [-0.3, -0.25) is 4.79 Å². The van der Waals surface area contributed by atoms with Crippen molar-refractivity contribution in [3.05, 3.63) is 54.2 Å². The predicted octanol–water partition coefficient (Wildman–Crippen LogP) is 2.38. The number of carbonyl (C=O) groups excluding carboxylic acids is 1. The lowest BCUT2D eigenvalue weighted by molar-refractivity contribution is 0.0994. The second-order valence-corrected chi connectivity index (χ2v) is 9.83. The summed E-state index contributed by atoms with van der Waals surface area (Å²) in [6, 6.07) is 12.4. The highest BCUT2D eigenvalue weighted by Crippen LogP contribution is 2.25. The first-order chi connectivity index (χ1) is 12.9. The zero-order valence-corrected chi connectivity index (χ0v) is 17.0. The predicted molar refractivity (Wildman–Crippen MR) is 107 cm³/mol. The van der Waals surface area contributed by atoms with Crippen molar-refractivity contribution in [1.82, 2.24) is 14.2 Å². The standard InChI is InChI=1S/C19H23N3O3S2/c1-15(19(23)16-6-4-3-5-7-16)26-18-9-8-17(14-20-18)27(24,25)22-12-10-21(2)11-13-22/h3-9,14-15H,10-13H2,1-2H3/t15-/m0/s1. The van der Waals surface area contributed by atoms with Crippen LogP contribution >= 0.6 is 11.8 Å². The first kappa shape index (κ1) is 20.0. The van der Waals surface area contributed by atoms with E-state index in [1.165, 1.54) is 22.3 Å². The van der Waals surface area contributed by atoms with Crippen molar-refractivity contribution in [2.75, 3.05) is 33.2 Å². The van der Waals surface area contributed by atoms with Gasteiger partial charge in [0.25, 0.3) is 0 Å². The Balaban J connectivity index is 1.67. The molecule has 0 aliphatic carbocycles. The average molecular weight is 406 g/mol. The number of rotatable bonds is 6. The Labute approximate surface area is 164 Å². The van der Waals surface area contributed by atoms with Gasteiger partial charge in [-0.25, -0.2) is 13.4 Å². The van der Waals surface area contributed by atoms with Crippen LogP contribution in [0.1, 0.15) is 17.3 Å². The van der Waals surface area contributed by atoms with E-state index in [0.29, 0.717) is 23.7 Å². The molecule has 1 atom stereocenters. The van der Waals surface area contributed by atoms with Crippen molar-refractivity contribution >= 4 is 27.6 Å². The van der Waals surface area contributed by atoms with E-state index >= 15 is 0 Å². The lowest BCUT2D eigenvalue weighted by Crippen LogP contribution is -2.47. The number of hydrogen-bond acceptors (Lipinski definition) is 6. The fraction of sp³-hybridized carbons (Fsp3) is 0.368. The molecule has 0 unspecified atom stereocenters. The molecule has 0 N–H and O–H groups in total. The van der Waals surface area contributed by atoms with E-state index in [-0.39, 0.29) is 15.9 Å². The quantitative estimate of drug-likeness (QED) is 0.543. The molecule has 1 saturated heterocycles. The van der Waals surface area contributed by atoms with Crippen LogP contribution in [-0.4, -0.2) is 66.9 Å². The minimum absolute atomic E-state index is 0.0246. The highest BCUT2D eigenvalue weighted by Gasteiger charge is 2.27. The molecule has 0 amide bonds. The van der Waals surface area contributed by atoms with Gasteiger partial charge in [-0.2, -0.15) is 4.31 Å². The molecular formula is C19H23N3O3S2. The summed E-state index contributed by atoms with van der Waals surface area (Å²) in [7, 11) is -1.54. The third-order valence-corrected chi connectivity index (χ3v) is 7.47. The highest BCUT2D eigenvalue weighted by atomic mass is 32.2. The Morgan fingerprint density at radius 2 is 1.74 bits per heavy atom. The molecular weight excluding hydrogens is 382 g/mol. The largest absolute Gasteiger partial charge is 0.304 e. The Bertz CT molecular complexity index is 878. The zero-order chi connectivity index (χ0) is 19.4. The van der Waals surface area contributed by atoms with Gasteiger partial charge in [-0.05, 0) is 26.1 Å². The van der Waals surface area contributed by atoms with Gasteiger partial charge in [-0.1, -0.05) is 42.1 Å². The number of Topliss-reactive ketones (excluding diaryl/α,β-unsaturated/α-hetero) is 1. The van der Waals surface area contributed by atoms with Crippen molar-refractivity contribution in [1.29, 1.82) is 0 Å². The Kier molecular flexibility index (Phi) is 6.31. The van der Waals surface area contributed by atoms with Gasteiger partial charge in [0.2, 0.25) is 10.0 Å². The molecule has 1 aromatic carbocycles. The number of likely N-dealkylation sites (N-methyl/N-ethyl adjacent to an activating group) is 1. The van der Waals surface area contributed by atoms with Gasteiger partial charge in [0, 0.05) is 37.9 Å². The lowest BCUT2D eigenvalue weighted by Gasteiger charge is -2.31. The molecule has 0 bridgehead atoms. The molecule has 27 heavy (non-hydrogen) atoms. The Morgan fingerprint density at radius 3 is 2.33 bits per heavy atom. The van der Waals surface area contributed by atoms with Crippen molar-refractivity contribution in [3.8, 4) is 0 Å². The summed E-state index contributed by atoms with van der Waals surface area (Å²) in [5.41, 5.74) is 0.659. The monoisotopic (exact) mass is 405 g/mol. The van der Waals surface area contributed by atoms with Crippen LogP contribution in [0.2, 0.25) is 0 Å². The summed E-state index contributed by atoms with van der Waals surface area (Å²) >= 11 is 1.33. The number of hydrogen-bond donors (Lipinski definition) is 0. The first-order valence-corrected chi connectivity index (χ1v) is 11.1. The molecule has 3 rings (SSSR count). The maximum atomic E-state index is 12.7. The number of thioether (sulfide) groups is 1. The number of carbonyl (C=O) groups is 1. The first-order valence-electron chi connectivity index (χ1n) is 8.78. The maximum absolute atomic E-state index is 12.7. The van der Waals surface area contributed by atoms with Crippen LogP contribution in [0, 0.1) is 0 Å². The molecule has 0 spiro atoms. The fourth-order valence-corrected chi connectivity index (χ4v) is 5.07. The molecule has 1 aliphatic rings. The van der Waals surface area contributed by atoms with Crippen molar-refractivity contribution in [3.63, 3.8) is 0 Å². The molecule has 1 aliphatic heterocycles. The molecule has 0 saturated carbocycles. The van der Waals surface area contributed by atoms with E-state index in [2.05, 4.69) is 9.88 Å². The average Bonchev–Trinajstić information content (AvgIpc) is 2.69. The number of pyridine rings is 1. The zero-order valence-electron chi connectivity index (χ0n) is 15.4. The second kappa shape index (κ2) is 8.52. The second-order valence-electron chi connectivity index (χ2n) is 6.53. The smallest absolute Gasteiger partial charge is 0.244 e. The number of piperazine rings is 1. The maximum Gasteiger partial charge on any atom is 0.244 e. The number of nitrogens with zero attached hydrogens (tertiary/aromatic N) is 3. The molecule has 1 aromatic heterocycles. The lowest BCUT2D eigenvalue weighted by atomic mass is 10.1. The minimum Gasteiger partial charge on any atom is -0.304 e. The van der Waals surface area contributed by atoms with E-state index in [9.17, 15) is 13.2 Å². The molecule has 2 aromatic rings. The Hall–Kier alpha value is -1.74. The van der Waals surface area contributed by atoms with Crippen molar-refractivity contribution in [2.24, 2.45) is 0 Å². The third kappa shape index (κ3) is 4.76. The van der Waals surface area contributed by atoms with E-state index in [4.69, 9.17) is 0 Å². The number of aromatic nitrogens is 1. The SMILES string of the molecule is C[C@H](Sc1ccc(S(=O)(=O)N2CCN(C)CC2)cn1)C(=O)c1ccccc1. The molecule has 144 valence electrons. The normalized spacial score (nSPS) is 17.6. The van der Waals surface area contributed by atoms with Gasteiger partial charge < -0.3 is 4.90 Å². The summed E-state index contributed by atoms with van der Waals surface area (Å²) in [5.74, 6) is 0.0246. The van der Waals surface area contributed by atoms with Crippen LogP contribution < -0.4 is 0 Å². The van der Waals surface area contributed by atoms with Crippen LogP contribution in [-0.2, 0) is 10.0 Å². The number of ketones is 1. The molecule has 0 radical (unpaired) electrons. The fourth-order valence-electron chi connectivity index (χ4n) is 2.84. The molecule has 2 heterocycles. The van der Waals surface area contributed by atoms with E-state index in [1.54, 1.807) is 24.3 Å². The summed E-state index contributed by atoms with van der Waals surface area (Å²) in [5, 5.41) is 0.323. The van der Waals surface area contributed by atoms with Crippen LogP contribution in [0.5, 0.6) is 0 Å². The summed E-state index contributed by atoms with van der Waals surface area (Å²) in [6.45, 7) is 4.24. The van der Waals surface area contributed by atoms with Gasteiger partial charge >= 0.3 is 0 Å². The van der Waals surface area contributed by atoms with Gasteiger partial charge in [0.05, 0.1) is 10.3 Å². The molecule has 8 heteroatoms. The summed E-state index contributed by atoms with van der Waals surface area (Å²) in [6.07, 6.45) is 1.38. The van der Waals surface area contributed by atoms with Crippen LogP contribution in [0.25, 0.3) is 0 Å². The molecule has 1 fully saturated rings.